The fourth-order valence-corrected chi connectivity index (χ4v) is 2.14. The number of hydrogen-bond acceptors (Lipinski definition) is 2. The summed E-state index contributed by atoms with van der Waals surface area (Å²) >= 11 is 9.29. The molecule has 1 saturated carbocycles. The summed E-state index contributed by atoms with van der Waals surface area (Å²) in [4.78, 5) is 0. The fraction of sp³-hybridized carbons (Fsp3) is 0.455. The van der Waals surface area contributed by atoms with Crippen LogP contribution < -0.4 is 5.32 Å². The second-order valence-corrected chi connectivity index (χ2v) is 5.15. The lowest BCUT2D eigenvalue weighted by Crippen LogP contribution is -2.23. The molecule has 1 fully saturated rings. The van der Waals surface area contributed by atoms with Crippen molar-refractivity contribution in [2.24, 2.45) is 0 Å². The molecule has 0 amide bonds. The number of nitrogens with one attached hydrogen (secondary N) is 1. The minimum absolute atomic E-state index is 0.501. The van der Waals surface area contributed by atoms with Gasteiger partial charge < -0.3 is 10.4 Å². The largest absolute Gasteiger partial charge is 0.387 e. The number of benzene rings is 1. The molecular formula is C11H13BrClNO. The van der Waals surface area contributed by atoms with Crippen molar-refractivity contribution >= 4 is 27.5 Å². The van der Waals surface area contributed by atoms with Gasteiger partial charge >= 0.3 is 0 Å². The standard InChI is InChI=1S/C11H13BrClNO/c12-10-4-1-7(13)5-9(10)11(15)6-14-8-2-3-8/h1,4-5,8,11,14-15H,2-3,6H2. The maximum atomic E-state index is 9.95. The van der Waals surface area contributed by atoms with Crippen molar-refractivity contribution in [2.75, 3.05) is 6.54 Å². The van der Waals surface area contributed by atoms with Gasteiger partial charge in [-0.05, 0) is 36.6 Å². The van der Waals surface area contributed by atoms with E-state index in [2.05, 4.69) is 21.2 Å². The molecule has 2 rings (SSSR count). The molecule has 0 aliphatic heterocycles. The Morgan fingerprint density at radius 2 is 2.27 bits per heavy atom. The summed E-state index contributed by atoms with van der Waals surface area (Å²) in [5.41, 5.74) is 0.843. The average Bonchev–Trinajstić information content (AvgIpc) is 3.02. The first-order valence-electron chi connectivity index (χ1n) is 5.03. The Hall–Kier alpha value is -0.0900. The van der Waals surface area contributed by atoms with E-state index in [-0.39, 0.29) is 0 Å². The van der Waals surface area contributed by atoms with Gasteiger partial charge in [0.15, 0.2) is 0 Å². The van der Waals surface area contributed by atoms with Gasteiger partial charge in [0, 0.05) is 22.1 Å². The molecule has 0 spiro atoms. The predicted molar refractivity (Wildman–Crippen MR) is 65.1 cm³/mol. The second kappa shape index (κ2) is 4.83. The molecule has 0 aromatic heterocycles. The molecule has 1 unspecified atom stereocenters. The van der Waals surface area contributed by atoms with E-state index >= 15 is 0 Å². The van der Waals surface area contributed by atoms with E-state index in [1.807, 2.05) is 6.07 Å². The van der Waals surface area contributed by atoms with Crippen LogP contribution in [-0.2, 0) is 0 Å². The van der Waals surface area contributed by atoms with Crippen molar-refractivity contribution in [2.45, 2.75) is 25.0 Å². The first-order chi connectivity index (χ1) is 7.16. The lowest BCUT2D eigenvalue weighted by molar-refractivity contribution is 0.173. The van der Waals surface area contributed by atoms with Crippen LogP contribution in [0, 0.1) is 0 Å². The minimum Gasteiger partial charge on any atom is -0.387 e. The Bertz CT molecular complexity index is 354. The first-order valence-corrected chi connectivity index (χ1v) is 6.20. The van der Waals surface area contributed by atoms with E-state index < -0.39 is 6.10 Å². The highest BCUT2D eigenvalue weighted by Gasteiger charge is 2.22. The van der Waals surface area contributed by atoms with Crippen molar-refractivity contribution in [3.05, 3.63) is 33.3 Å². The van der Waals surface area contributed by atoms with E-state index in [0.29, 0.717) is 17.6 Å². The van der Waals surface area contributed by atoms with E-state index in [1.54, 1.807) is 12.1 Å². The molecule has 4 heteroatoms. The summed E-state index contributed by atoms with van der Waals surface area (Å²) in [6, 6.07) is 6.07. The summed E-state index contributed by atoms with van der Waals surface area (Å²) in [6.45, 7) is 0.587. The van der Waals surface area contributed by atoms with Crippen molar-refractivity contribution in [3.63, 3.8) is 0 Å². The number of rotatable bonds is 4. The lowest BCUT2D eigenvalue weighted by Gasteiger charge is -2.13. The zero-order valence-corrected chi connectivity index (χ0v) is 10.6. The van der Waals surface area contributed by atoms with Crippen LogP contribution in [-0.4, -0.2) is 17.7 Å². The molecule has 2 nitrogen and oxygen atoms in total. The second-order valence-electron chi connectivity index (χ2n) is 3.86. The third-order valence-electron chi connectivity index (χ3n) is 2.49. The van der Waals surface area contributed by atoms with Crippen molar-refractivity contribution in [1.82, 2.24) is 5.32 Å². The summed E-state index contributed by atoms with van der Waals surface area (Å²) in [7, 11) is 0. The maximum Gasteiger partial charge on any atom is 0.0925 e. The van der Waals surface area contributed by atoms with E-state index in [4.69, 9.17) is 11.6 Å². The lowest BCUT2D eigenvalue weighted by atomic mass is 10.1. The van der Waals surface area contributed by atoms with Crippen molar-refractivity contribution in [3.8, 4) is 0 Å². The van der Waals surface area contributed by atoms with Crippen LogP contribution >= 0.6 is 27.5 Å². The SMILES string of the molecule is OC(CNC1CC1)c1cc(Cl)ccc1Br. The molecule has 2 N–H and O–H groups in total. The predicted octanol–water partition coefficient (Wildman–Crippen LogP) is 2.89. The molecular weight excluding hydrogens is 277 g/mol. The third kappa shape index (κ3) is 3.18. The molecule has 0 radical (unpaired) electrons. The van der Waals surface area contributed by atoms with Gasteiger partial charge in [0.1, 0.15) is 0 Å². The monoisotopic (exact) mass is 289 g/mol. The zero-order chi connectivity index (χ0) is 10.8. The van der Waals surface area contributed by atoms with Gasteiger partial charge in [0.25, 0.3) is 0 Å². The van der Waals surface area contributed by atoms with Crippen LogP contribution in [0.5, 0.6) is 0 Å². The van der Waals surface area contributed by atoms with Gasteiger partial charge in [0.05, 0.1) is 6.10 Å². The Morgan fingerprint density at radius 1 is 1.53 bits per heavy atom. The normalized spacial score (nSPS) is 17.8. The number of aliphatic hydroxyl groups excluding tert-OH is 1. The van der Waals surface area contributed by atoms with E-state index in [1.165, 1.54) is 12.8 Å². The molecule has 1 aliphatic rings. The molecule has 0 saturated heterocycles. The summed E-state index contributed by atoms with van der Waals surface area (Å²) in [5, 5.41) is 13.9. The molecule has 1 aromatic carbocycles. The molecule has 1 atom stereocenters. The van der Waals surface area contributed by atoms with Gasteiger partial charge in [-0.1, -0.05) is 27.5 Å². The summed E-state index contributed by atoms with van der Waals surface area (Å²) in [5.74, 6) is 0. The first kappa shape index (κ1) is 11.4. The van der Waals surface area contributed by atoms with Gasteiger partial charge in [-0.3, -0.25) is 0 Å². The molecule has 0 bridgehead atoms. The minimum atomic E-state index is -0.501. The highest BCUT2D eigenvalue weighted by Crippen LogP contribution is 2.27. The van der Waals surface area contributed by atoms with Crippen molar-refractivity contribution < 1.29 is 5.11 Å². The van der Waals surface area contributed by atoms with Crippen LogP contribution in [0.25, 0.3) is 0 Å². The van der Waals surface area contributed by atoms with E-state index in [0.717, 1.165) is 10.0 Å². The summed E-state index contributed by atoms with van der Waals surface area (Å²) < 4.78 is 0.900. The van der Waals surface area contributed by atoms with Gasteiger partial charge in [-0.2, -0.15) is 0 Å². The highest BCUT2D eigenvalue weighted by molar-refractivity contribution is 9.10. The van der Waals surface area contributed by atoms with Crippen LogP contribution in [0.2, 0.25) is 5.02 Å². The maximum absolute atomic E-state index is 9.95. The average molecular weight is 291 g/mol. The Morgan fingerprint density at radius 3 is 2.93 bits per heavy atom. The van der Waals surface area contributed by atoms with Gasteiger partial charge in [-0.25, -0.2) is 0 Å². The molecule has 1 aromatic rings. The van der Waals surface area contributed by atoms with E-state index in [9.17, 15) is 5.11 Å². The highest BCUT2D eigenvalue weighted by atomic mass is 79.9. The molecule has 15 heavy (non-hydrogen) atoms. The topological polar surface area (TPSA) is 32.3 Å². The van der Waals surface area contributed by atoms with Crippen LogP contribution in [0.3, 0.4) is 0 Å². The smallest absolute Gasteiger partial charge is 0.0925 e. The number of aliphatic hydroxyl groups is 1. The Kier molecular flexibility index (Phi) is 3.67. The van der Waals surface area contributed by atoms with Crippen LogP contribution in [0.4, 0.5) is 0 Å². The fourth-order valence-electron chi connectivity index (χ4n) is 1.45. The van der Waals surface area contributed by atoms with Crippen LogP contribution in [0.15, 0.2) is 22.7 Å². The quantitative estimate of drug-likeness (QED) is 0.894. The van der Waals surface area contributed by atoms with Gasteiger partial charge in [0.2, 0.25) is 0 Å². The molecule has 82 valence electrons. The Labute approximate surface area is 103 Å². The summed E-state index contributed by atoms with van der Waals surface area (Å²) in [6.07, 6.45) is 1.95. The van der Waals surface area contributed by atoms with Gasteiger partial charge in [-0.15, -0.1) is 0 Å². The number of hydrogen-bond donors (Lipinski definition) is 2. The third-order valence-corrected chi connectivity index (χ3v) is 3.45. The molecule has 0 heterocycles. The number of halogens is 2. The van der Waals surface area contributed by atoms with Crippen LogP contribution in [0.1, 0.15) is 24.5 Å². The zero-order valence-electron chi connectivity index (χ0n) is 8.21. The Balaban J connectivity index is 2.02. The van der Waals surface area contributed by atoms with Crippen molar-refractivity contribution in [1.29, 1.82) is 0 Å². The molecule has 1 aliphatic carbocycles.